The zero-order chi connectivity index (χ0) is 29.4. The van der Waals surface area contributed by atoms with Crippen LogP contribution in [0.2, 0.25) is 0 Å². The summed E-state index contributed by atoms with van der Waals surface area (Å²) >= 11 is 0. The number of ether oxygens (including phenoxy) is 1. The van der Waals surface area contributed by atoms with Gasteiger partial charge < -0.3 is 20.1 Å². The summed E-state index contributed by atoms with van der Waals surface area (Å²) in [5.74, 6) is -1.64. The average Bonchev–Trinajstić information content (AvgIpc) is 3.48. The number of rotatable bonds is 12. The lowest BCUT2D eigenvalue weighted by Crippen LogP contribution is -2.56. The Bertz CT molecular complexity index is 1320. The Morgan fingerprint density at radius 2 is 1.76 bits per heavy atom. The molecule has 2 heterocycles. The van der Waals surface area contributed by atoms with E-state index in [4.69, 9.17) is 4.74 Å². The molecular formula is C28H37N5O7S. The van der Waals surface area contributed by atoms with Crippen molar-refractivity contribution in [1.82, 2.24) is 24.5 Å². The van der Waals surface area contributed by atoms with E-state index in [2.05, 4.69) is 15.3 Å². The van der Waals surface area contributed by atoms with Gasteiger partial charge in [-0.1, -0.05) is 37.3 Å². The molecule has 1 aliphatic carbocycles. The smallest absolute Gasteiger partial charge is 0.303 e. The van der Waals surface area contributed by atoms with E-state index in [9.17, 15) is 27.9 Å². The average molecular weight is 588 g/mol. The summed E-state index contributed by atoms with van der Waals surface area (Å²) < 4.78 is 32.3. The van der Waals surface area contributed by atoms with Gasteiger partial charge in [-0.05, 0) is 38.5 Å². The molecule has 0 bridgehead atoms. The second kappa shape index (κ2) is 13.9. The number of hydrogen-bond donors (Lipinski definition) is 2. The number of carboxylic acids is 1. The van der Waals surface area contributed by atoms with Crippen LogP contribution in [0.5, 0.6) is 5.88 Å². The highest BCUT2D eigenvalue weighted by Crippen LogP contribution is 2.25. The number of amides is 2. The van der Waals surface area contributed by atoms with Crippen LogP contribution in [0.25, 0.3) is 11.4 Å². The van der Waals surface area contributed by atoms with Crippen molar-refractivity contribution in [2.75, 3.05) is 31.9 Å². The minimum absolute atomic E-state index is 0.00421. The van der Waals surface area contributed by atoms with Crippen LogP contribution in [-0.2, 0) is 19.6 Å². The molecule has 13 heteroatoms. The van der Waals surface area contributed by atoms with Gasteiger partial charge in [0.2, 0.25) is 21.8 Å². The number of carbonyl (C=O) groups excluding carboxylic acids is 2. The molecule has 2 aliphatic rings. The number of aromatic nitrogens is 2. The van der Waals surface area contributed by atoms with Crippen LogP contribution >= 0.6 is 0 Å². The molecule has 1 aromatic heterocycles. The Morgan fingerprint density at radius 1 is 1.07 bits per heavy atom. The molecule has 0 spiro atoms. The summed E-state index contributed by atoms with van der Waals surface area (Å²) in [6.07, 6.45) is 3.92. The van der Waals surface area contributed by atoms with Gasteiger partial charge >= 0.3 is 5.97 Å². The number of benzene rings is 1. The van der Waals surface area contributed by atoms with E-state index in [1.807, 2.05) is 30.3 Å². The van der Waals surface area contributed by atoms with Gasteiger partial charge in [-0.25, -0.2) is 13.4 Å². The molecule has 1 atom stereocenters. The van der Waals surface area contributed by atoms with Crippen molar-refractivity contribution in [3.05, 3.63) is 42.1 Å². The summed E-state index contributed by atoms with van der Waals surface area (Å²) in [6, 6.07) is 9.45. The predicted octanol–water partition coefficient (Wildman–Crippen LogP) is 2.31. The molecule has 12 nitrogen and oxygen atoms in total. The van der Waals surface area contributed by atoms with Gasteiger partial charge in [0, 0.05) is 44.2 Å². The van der Waals surface area contributed by atoms with E-state index in [0.717, 1.165) is 25.7 Å². The predicted molar refractivity (Wildman–Crippen MR) is 151 cm³/mol. The fourth-order valence-electron chi connectivity index (χ4n) is 5.05. The van der Waals surface area contributed by atoms with E-state index in [0.29, 0.717) is 17.8 Å². The lowest BCUT2D eigenvalue weighted by molar-refractivity contribution is -0.138. The number of nitrogens with one attached hydrogen (secondary N) is 1. The topological polar surface area (TPSA) is 159 Å². The lowest BCUT2D eigenvalue weighted by Gasteiger charge is -2.35. The van der Waals surface area contributed by atoms with Crippen molar-refractivity contribution in [2.45, 2.75) is 64.0 Å². The molecule has 2 N–H and O–H groups in total. The van der Waals surface area contributed by atoms with Crippen molar-refractivity contribution in [1.29, 1.82) is 0 Å². The third-order valence-corrected chi connectivity index (χ3v) is 9.29. The highest BCUT2D eigenvalue weighted by molar-refractivity contribution is 7.89. The van der Waals surface area contributed by atoms with Gasteiger partial charge in [0.1, 0.15) is 17.8 Å². The molecule has 2 amide bonds. The second-order valence-electron chi connectivity index (χ2n) is 10.3. The van der Waals surface area contributed by atoms with Crippen molar-refractivity contribution < 1.29 is 32.6 Å². The number of carbonyl (C=O) groups is 3. The fraction of sp³-hybridized carbons (Fsp3) is 0.536. The lowest BCUT2D eigenvalue weighted by atomic mass is 10.1. The van der Waals surface area contributed by atoms with Crippen LogP contribution in [0.1, 0.15) is 62.4 Å². The molecule has 1 saturated carbocycles. The number of piperazine rings is 1. The minimum Gasteiger partial charge on any atom is -0.481 e. The molecule has 222 valence electrons. The molecule has 41 heavy (non-hydrogen) atoms. The van der Waals surface area contributed by atoms with Crippen LogP contribution in [0.15, 0.2) is 36.4 Å². The largest absolute Gasteiger partial charge is 0.481 e. The van der Waals surface area contributed by atoms with Crippen LogP contribution in [0.3, 0.4) is 0 Å². The summed E-state index contributed by atoms with van der Waals surface area (Å²) in [5, 5.41) is 11.9. The summed E-state index contributed by atoms with van der Waals surface area (Å²) in [5.41, 5.74) is 0.684. The Morgan fingerprint density at radius 3 is 2.39 bits per heavy atom. The molecule has 1 saturated heterocycles. The van der Waals surface area contributed by atoms with Crippen LogP contribution < -0.4 is 10.1 Å². The highest BCUT2D eigenvalue weighted by Gasteiger charge is 2.33. The van der Waals surface area contributed by atoms with Crippen LogP contribution in [0, 0.1) is 0 Å². The Kier molecular flexibility index (Phi) is 10.3. The zero-order valence-corrected chi connectivity index (χ0v) is 24.0. The summed E-state index contributed by atoms with van der Waals surface area (Å²) in [6.45, 7) is 2.36. The summed E-state index contributed by atoms with van der Waals surface area (Å²) in [4.78, 5) is 48.6. The van der Waals surface area contributed by atoms with Crippen molar-refractivity contribution in [3.8, 4) is 17.3 Å². The maximum Gasteiger partial charge on any atom is 0.303 e. The van der Waals surface area contributed by atoms with Crippen molar-refractivity contribution >= 4 is 27.8 Å². The third kappa shape index (κ3) is 8.23. The second-order valence-corrected chi connectivity index (χ2v) is 12.4. The van der Waals surface area contributed by atoms with E-state index in [1.54, 1.807) is 6.92 Å². The maximum atomic E-state index is 13.5. The highest BCUT2D eigenvalue weighted by atomic mass is 32.2. The number of hydrogen-bond acceptors (Lipinski definition) is 8. The zero-order valence-electron chi connectivity index (χ0n) is 23.2. The fourth-order valence-corrected chi connectivity index (χ4v) is 6.54. The van der Waals surface area contributed by atoms with Crippen molar-refractivity contribution in [2.24, 2.45) is 0 Å². The standard InChI is InChI=1S/C28H37N5O7S/c1-2-18-41(38,39)33-16-14-32(15-17-33)28(37)22(12-13-25(34)35)30-27(36)23-19-24(40-21-10-6-7-11-21)31-26(29-23)20-8-4-3-5-9-20/h3-5,8-9,19,21-22H,2,6-7,10-18H2,1H3,(H,30,36)(H,34,35). The van der Waals surface area contributed by atoms with Gasteiger partial charge in [0.05, 0.1) is 5.75 Å². The van der Waals surface area contributed by atoms with Crippen LogP contribution in [0.4, 0.5) is 0 Å². The molecule has 2 fully saturated rings. The molecular weight excluding hydrogens is 550 g/mol. The number of nitrogens with zero attached hydrogens (tertiary/aromatic N) is 4. The minimum atomic E-state index is -3.40. The Hall–Kier alpha value is -3.58. The first-order chi connectivity index (χ1) is 19.7. The molecule has 1 aromatic carbocycles. The maximum absolute atomic E-state index is 13.5. The van der Waals surface area contributed by atoms with E-state index in [-0.39, 0.29) is 62.5 Å². The number of sulfonamides is 1. The van der Waals surface area contributed by atoms with Gasteiger partial charge in [0.25, 0.3) is 5.91 Å². The normalized spacial score (nSPS) is 17.2. The third-order valence-electron chi connectivity index (χ3n) is 7.21. The van der Waals surface area contributed by atoms with Gasteiger partial charge in [-0.15, -0.1) is 0 Å². The van der Waals surface area contributed by atoms with Gasteiger partial charge in [-0.3, -0.25) is 14.4 Å². The molecule has 1 unspecified atom stereocenters. The first-order valence-electron chi connectivity index (χ1n) is 14.1. The van der Waals surface area contributed by atoms with Crippen LogP contribution in [-0.4, -0.2) is 94.6 Å². The summed E-state index contributed by atoms with van der Waals surface area (Å²) in [7, 11) is -3.40. The quantitative estimate of drug-likeness (QED) is 0.380. The molecule has 0 radical (unpaired) electrons. The monoisotopic (exact) mass is 587 g/mol. The SMILES string of the molecule is CCCS(=O)(=O)N1CCN(C(=O)C(CCC(=O)O)NC(=O)c2cc(OC3CCCC3)nc(-c3ccccc3)n2)CC1. The first-order valence-corrected chi connectivity index (χ1v) is 15.7. The number of carboxylic acid groups (broad SMARTS) is 1. The molecule has 2 aromatic rings. The molecule has 1 aliphatic heterocycles. The Balaban J connectivity index is 1.52. The molecule has 4 rings (SSSR count). The van der Waals surface area contributed by atoms with Crippen molar-refractivity contribution in [3.63, 3.8) is 0 Å². The van der Waals surface area contributed by atoms with E-state index in [1.165, 1.54) is 15.3 Å². The Labute approximate surface area is 240 Å². The van der Waals surface area contributed by atoms with E-state index >= 15 is 0 Å². The van der Waals surface area contributed by atoms with Gasteiger partial charge in [-0.2, -0.15) is 9.29 Å². The van der Waals surface area contributed by atoms with E-state index < -0.39 is 33.8 Å². The van der Waals surface area contributed by atoms with Gasteiger partial charge in [0.15, 0.2) is 5.82 Å². The number of aliphatic carboxylic acids is 1. The first kappa shape index (κ1) is 30.4.